The first-order valence-corrected chi connectivity index (χ1v) is 17.8. The number of hydrogen-bond donors (Lipinski definition) is 2. The summed E-state index contributed by atoms with van der Waals surface area (Å²) in [6.45, 7) is 0.0549. The normalized spacial score (nSPS) is 14.0. The number of para-hydroxylation sites is 1. The standard InChI is InChI=1S/C25H30N3O9P3S.2Na/c1-27(26-17-22-9-11-24(12-10-22)36-20-35-23-5-3-2-4-6-23)38(41)37-25-13-7-21(8-14-25)15-16-28(18-39(29,30)31)19-40(32,33)34;;/h2-14,17H,15-16,18-20H2,1H3,(H3-,29,30,31,32,33,34);;/q;2*+1/p-1/b26-17+;;. The van der Waals surface area contributed by atoms with Crippen LogP contribution in [0.1, 0.15) is 11.1 Å². The van der Waals surface area contributed by atoms with E-state index in [0.717, 1.165) is 21.8 Å². The van der Waals surface area contributed by atoms with E-state index >= 15 is 0 Å². The number of hydrogen-bond acceptors (Lipinski definition) is 10. The van der Waals surface area contributed by atoms with Gasteiger partial charge in [-0.2, -0.15) is 0 Å². The molecule has 0 fully saturated rings. The molecule has 2 N–H and O–H groups in total. The van der Waals surface area contributed by atoms with Crippen LogP contribution in [0.5, 0.6) is 17.2 Å². The van der Waals surface area contributed by atoms with Gasteiger partial charge in [-0.25, -0.2) is 0 Å². The van der Waals surface area contributed by atoms with Gasteiger partial charge < -0.3 is 38.2 Å². The number of nitrogens with zero attached hydrogens (tertiary/aromatic N) is 3. The number of benzene rings is 3. The molecule has 0 aromatic heterocycles. The van der Waals surface area contributed by atoms with E-state index in [1.807, 2.05) is 42.5 Å². The third-order valence-electron chi connectivity index (χ3n) is 5.27. The van der Waals surface area contributed by atoms with Gasteiger partial charge in [-0.05, 0) is 66.1 Å². The molecule has 12 nitrogen and oxygen atoms in total. The molecule has 3 rings (SSSR count). The third-order valence-corrected chi connectivity index (χ3v) is 8.66. The summed E-state index contributed by atoms with van der Waals surface area (Å²) in [5.41, 5.74) is 1.58. The van der Waals surface area contributed by atoms with Crippen LogP contribution in [0.4, 0.5) is 0 Å². The summed E-state index contributed by atoms with van der Waals surface area (Å²) in [4.78, 5) is 41.4. The van der Waals surface area contributed by atoms with Gasteiger partial charge in [0.15, 0.2) is 5.75 Å². The maximum absolute atomic E-state index is 11.2. The second kappa shape index (κ2) is 19.7. The number of hydrazone groups is 1. The van der Waals surface area contributed by atoms with E-state index < -0.39 is 34.8 Å². The maximum atomic E-state index is 11.2. The predicted molar refractivity (Wildman–Crippen MR) is 156 cm³/mol. The topological polar surface area (TPSA) is 167 Å². The van der Waals surface area contributed by atoms with Gasteiger partial charge in [-0.1, -0.05) is 35.1 Å². The second-order valence-corrected chi connectivity index (χ2v) is 14.0. The van der Waals surface area contributed by atoms with Crippen molar-refractivity contribution in [1.29, 1.82) is 0 Å². The molecule has 3 aromatic rings. The first-order valence-electron chi connectivity index (χ1n) is 12.1. The Bertz CT molecular complexity index is 1370. The molecule has 0 amide bonds. The molecule has 0 bridgehead atoms. The van der Waals surface area contributed by atoms with Crippen LogP contribution in [0.3, 0.4) is 0 Å². The zero-order valence-electron chi connectivity index (χ0n) is 24.0. The molecule has 0 radical (unpaired) electrons. The number of rotatable bonds is 16. The molecule has 3 atom stereocenters. The van der Waals surface area contributed by atoms with Crippen LogP contribution in [-0.2, 0) is 27.4 Å². The van der Waals surface area contributed by atoms with Gasteiger partial charge in [0.1, 0.15) is 26.7 Å². The summed E-state index contributed by atoms with van der Waals surface area (Å²) >= 11 is 5.44. The SMILES string of the molecule is CN(/N=C/c1ccc(OCOc2ccccc2)cc1)[P+](=S)Oc1ccc(CCN(CP(=O)([O-])O)CP(=O)([O-])O)cc1.[Na+].[Na+]. The Labute approximate surface area is 300 Å². The fraction of sp³-hybridized carbons (Fsp3) is 0.240. The monoisotopic (exact) mass is 686 g/mol. The predicted octanol–water partition coefficient (Wildman–Crippen LogP) is -2.92. The zero-order chi connectivity index (χ0) is 29.9. The Morgan fingerprint density at radius 1 is 0.860 bits per heavy atom. The minimum Gasteiger partial charge on any atom is -0.778 e. The van der Waals surface area contributed by atoms with Gasteiger partial charge in [0, 0.05) is 6.54 Å². The van der Waals surface area contributed by atoms with Crippen molar-refractivity contribution >= 4 is 40.3 Å². The van der Waals surface area contributed by atoms with E-state index in [0.29, 0.717) is 11.5 Å². The van der Waals surface area contributed by atoms with Gasteiger partial charge in [-0.3, -0.25) is 9.42 Å². The van der Waals surface area contributed by atoms with Crippen LogP contribution in [0.2, 0.25) is 0 Å². The van der Waals surface area contributed by atoms with Crippen molar-refractivity contribution in [2.75, 3.05) is 33.0 Å². The Morgan fingerprint density at radius 3 is 1.91 bits per heavy atom. The molecule has 18 heteroatoms. The largest absolute Gasteiger partial charge is 1.00 e. The van der Waals surface area contributed by atoms with Crippen LogP contribution in [-0.4, -0.2) is 58.6 Å². The summed E-state index contributed by atoms with van der Waals surface area (Å²) in [6.07, 6.45) is 0.118. The van der Waals surface area contributed by atoms with Gasteiger partial charge in [0.05, 0.1) is 25.8 Å². The minimum atomic E-state index is -4.76. The van der Waals surface area contributed by atoms with Crippen molar-refractivity contribution in [3.05, 3.63) is 90.0 Å². The van der Waals surface area contributed by atoms with Crippen molar-refractivity contribution in [1.82, 2.24) is 9.68 Å². The Kier molecular flexibility index (Phi) is 18.5. The van der Waals surface area contributed by atoms with E-state index in [-0.39, 0.29) is 78.9 Å². The van der Waals surface area contributed by atoms with Gasteiger partial charge in [0.25, 0.3) is 0 Å². The maximum Gasteiger partial charge on any atom is 1.00 e. The first kappa shape index (κ1) is 40.3. The molecule has 220 valence electrons. The van der Waals surface area contributed by atoms with Crippen LogP contribution in [0, 0.1) is 0 Å². The molecule has 0 heterocycles. The molecule has 0 aliphatic carbocycles. The fourth-order valence-electron chi connectivity index (χ4n) is 3.37. The molecular weight excluding hydrogens is 657 g/mol. The summed E-state index contributed by atoms with van der Waals surface area (Å²) < 4.78 is 40.8. The van der Waals surface area contributed by atoms with Crippen molar-refractivity contribution < 1.29 is 102 Å². The average molecular weight is 686 g/mol. The summed E-state index contributed by atoms with van der Waals surface area (Å²) in [5.74, 6) is 1.86. The molecule has 0 aliphatic rings. The fourth-order valence-corrected chi connectivity index (χ4v) is 5.96. The minimum absolute atomic E-state index is 0. The van der Waals surface area contributed by atoms with E-state index in [1.165, 1.54) is 4.78 Å². The van der Waals surface area contributed by atoms with Crippen LogP contribution in [0.15, 0.2) is 84.0 Å². The van der Waals surface area contributed by atoms with E-state index in [2.05, 4.69) is 5.10 Å². The van der Waals surface area contributed by atoms with Gasteiger partial charge >= 0.3 is 66.2 Å². The van der Waals surface area contributed by atoms with E-state index in [1.54, 1.807) is 49.7 Å². The Hall–Kier alpha value is -0.690. The molecule has 3 aromatic carbocycles. The van der Waals surface area contributed by atoms with Crippen molar-refractivity contribution in [3.63, 3.8) is 0 Å². The van der Waals surface area contributed by atoms with Crippen LogP contribution >= 0.6 is 22.3 Å². The molecule has 0 spiro atoms. The zero-order valence-corrected chi connectivity index (χ0v) is 31.5. The van der Waals surface area contributed by atoms with Crippen LogP contribution < -0.4 is 82.9 Å². The van der Waals surface area contributed by atoms with Gasteiger partial charge in [0.2, 0.25) is 18.6 Å². The Morgan fingerprint density at radius 2 is 1.37 bits per heavy atom. The van der Waals surface area contributed by atoms with Crippen molar-refractivity contribution in [2.24, 2.45) is 5.10 Å². The molecule has 0 saturated heterocycles. The number of ether oxygens (including phenoxy) is 2. The second-order valence-electron chi connectivity index (χ2n) is 8.70. The molecule has 0 saturated carbocycles. The smallest absolute Gasteiger partial charge is 0.778 e. The first-order chi connectivity index (χ1) is 19.4. The Balaban J connectivity index is 0.00000462. The molecule has 0 aliphatic heterocycles. The third kappa shape index (κ3) is 17.0. The average Bonchev–Trinajstić information content (AvgIpc) is 2.91. The summed E-state index contributed by atoms with van der Waals surface area (Å²) in [7, 11) is -9.34. The summed E-state index contributed by atoms with van der Waals surface area (Å²) in [6, 6.07) is 23.4. The van der Waals surface area contributed by atoms with Gasteiger partial charge in [-0.15, -0.1) is 5.10 Å². The van der Waals surface area contributed by atoms with Crippen LogP contribution in [0.25, 0.3) is 0 Å². The summed E-state index contributed by atoms with van der Waals surface area (Å²) in [5, 5.41) is 4.35. The van der Waals surface area contributed by atoms with Crippen molar-refractivity contribution in [3.8, 4) is 17.2 Å². The van der Waals surface area contributed by atoms with E-state index in [4.69, 9.17) is 35.6 Å². The quantitative estimate of drug-likeness (QED) is 0.0519. The van der Waals surface area contributed by atoms with E-state index in [9.17, 15) is 18.9 Å². The molecule has 3 unspecified atom stereocenters. The molecule has 43 heavy (non-hydrogen) atoms. The van der Waals surface area contributed by atoms with Crippen molar-refractivity contribution in [2.45, 2.75) is 6.42 Å². The molecular formula is C25H29N3Na2O9P3S+.